The number of hydrogen-bond acceptors (Lipinski definition) is 4. The molecule has 0 saturated heterocycles. The molecule has 2 rings (SSSR count). The predicted molar refractivity (Wildman–Crippen MR) is 60.4 cm³/mol. The van der Waals surface area contributed by atoms with Crippen LogP contribution in [0.15, 0.2) is 0 Å². The predicted octanol–water partition coefficient (Wildman–Crippen LogP) is 1.44. The molecule has 0 aliphatic heterocycles. The van der Waals surface area contributed by atoms with Gasteiger partial charge in [-0.2, -0.15) is 0 Å². The molecule has 0 amide bonds. The lowest BCUT2D eigenvalue weighted by molar-refractivity contribution is -0.147. The van der Waals surface area contributed by atoms with Gasteiger partial charge in [-0.05, 0) is 37.1 Å². The second kappa shape index (κ2) is 4.43. The van der Waals surface area contributed by atoms with Crippen LogP contribution in [0.3, 0.4) is 0 Å². The first kappa shape index (κ1) is 12.0. The van der Waals surface area contributed by atoms with Crippen LogP contribution in [-0.2, 0) is 11.3 Å². The van der Waals surface area contributed by atoms with E-state index in [0.717, 1.165) is 18.7 Å². The standard InChI is InChI=1S/C11H18N4O2/c1-11(2,10(16)17)7-15-9(12-13-14-15)8-5-3-4-6-8/h8H,3-7H2,1-2H3,(H,16,17). The van der Waals surface area contributed by atoms with E-state index >= 15 is 0 Å². The maximum absolute atomic E-state index is 11.1. The molecular formula is C11H18N4O2. The Bertz CT molecular complexity index is 407. The van der Waals surface area contributed by atoms with Crippen molar-refractivity contribution in [2.24, 2.45) is 5.41 Å². The van der Waals surface area contributed by atoms with Gasteiger partial charge in [0, 0.05) is 5.92 Å². The third-order valence-corrected chi connectivity index (χ3v) is 3.40. The summed E-state index contributed by atoms with van der Waals surface area (Å²) in [5.74, 6) is 0.414. The maximum atomic E-state index is 11.1. The van der Waals surface area contributed by atoms with Crippen LogP contribution in [0.4, 0.5) is 0 Å². The highest BCUT2D eigenvalue weighted by atomic mass is 16.4. The number of aromatic nitrogens is 4. The van der Waals surface area contributed by atoms with E-state index in [4.69, 9.17) is 5.11 Å². The lowest BCUT2D eigenvalue weighted by Crippen LogP contribution is -2.30. The molecule has 17 heavy (non-hydrogen) atoms. The minimum Gasteiger partial charge on any atom is -0.481 e. The monoisotopic (exact) mass is 238 g/mol. The summed E-state index contributed by atoms with van der Waals surface area (Å²) in [5, 5.41) is 20.8. The molecular weight excluding hydrogens is 220 g/mol. The summed E-state index contributed by atoms with van der Waals surface area (Å²) in [4.78, 5) is 11.1. The van der Waals surface area contributed by atoms with E-state index in [0.29, 0.717) is 12.5 Å². The summed E-state index contributed by atoms with van der Waals surface area (Å²) in [6, 6.07) is 0. The number of carboxylic acids is 1. The summed E-state index contributed by atoms with van der Waals surface area (Å²) in [6.45, 7) is 3.70. The SMILES string of the molecule is CC(C)(Cn1nnnc1C1CCCC1)C(=O)O. The fourth-order valence-electron chi connectivity index (χ4n) is 2.24. The number of nitrogens with zero attached hydrogens (tertiary/aromatic N) is 4. The maximum Gasteiger partial charge on any atom is 0.310 e. The molecule has 0 atom stereocenters. The van der Waals surface area contributed by atoms with Crippen molar-refractivity contribution >= 4 is 5.97 Å². The van der Waals surface area contributed by atoms with Gasteiger partial charge in [-0.15, -0.1) is 5.10 Å². The van der Waals surface area contributed by atoms with Gasteiger partial charge < -0.3 is 5.11 Å². The van der Waals surface area contributed by atoms with Crippen LogP contribution < -0.4 is 0 Å². The molecule has 1 N–H and O–H groups in total. The molecule has 1 aliphatic carbocycles. The van der Waals surface area contributed by atoms with Crippen molar-refractivity contribution in [1.29, 1.82) is 0 Å². The number of rotatable bonds is 4. The molecule has 1 heterocycles. The zero-order chi connectivity index (χ0) is 12.5. The first-order chi connectivity index (χ1) is 8.00. The van der Waals surface area contributed by atoms with Crippen LogP contribution in [0.5, 0.6) is 0 Å². The summed E-state index contributed by atoms with van der Waals surface area (Å²) >= 11 is 0. The molecule has 1 saturated carbocycles. The second-order valence-corrected chi connectivity index (χ2v) is 5.37. The van der Waals surface area contributed by atoms with E-state index < -0.39 is 11.4 Å². The van der Waals surface area contributed by atoms with Crippen molar-refractivity contribution in [1.82, 2.24) is 20.2 Å². The Morgan fingerprint density at radius 3 is 2.71 bits per heavy atom. The number of aliphatic carboxylic acids is 1. The van der Waals surface area contributed by atoms with E-state index in [1.165, 1.54) is 12.8 Å². The van der Waals surface area contributed by atoms with Crippen molar-refractivity contribution in [2.45, 2.75) is 52.0 Å². The van der Waals surface area contributed by atoms with Gasteiger partial charge >= 0.3 is 5.97 Å². The Hall–Kier alpha value is -1.46. The highest BCUT2D eigenvalue weighted by Crippen LogP contribution is 2.33. The van der Waals surface area contributed by atoms with Crippen LogP contribution in [0.1, 0.15) is 51.3 Å². The van der Waals surface area contributed by atoms with Gasteiger partial charge in [-0.1, -0.05) is 12.8 Å². The molecule has 0 bridgehead atoms. The highest BCUT2D eigenvalue weighted by Gasteiger charge is 2.31. The van der Waals surface area contributed by atoms with E-state index in [1.54, 1.807) is 18.5 Å². The molecule has 0 radical (unpaired) electrons. The van der Waals surface area contributed by atoms with Crippen LogP contribution in [0.25, 0.3) is 0 Å². The van der Waals surface area contributed by atoms with Crippen LogP contribution in [-0.4, -0.2) is 31.3 Å². The minimum atomic E-state index is -0.845. The lowest BCUT2D eigenvalue weighted by atomic mass is 9.93. The van der Waals surface area contributed by atoms with Gasteiger partial charge in [0.25, 0.3) is 0 Å². The van der Waals surface area contributed by atoms with Crippen molar-refractivity contribution in [3.8, 4) is 0 Å². The molecule has 6 nitrogen and oxygen atoms in total. The van der Waals surface area contributed by atoms with Gasteiger partial charge in [0.2, 0.25) is 0 Å². The zero-order valence-electron chi connectivity index (χ0n) is 10.3. The quantitative estimate of drug-likeness (QED) is 0.858. The fraction of sp³-hybridized carbons (Fsp3) is 0.818. The Kier molecular flexibility index (Phi) is 3.13. The minimum absolute atomic E-state index is 0.321. The Balaban J connectivity index is 2.16. The molecule has 0 aromatic carbocycles. The Morgan fingerprint density at radius 2 is 2.12 bits per heavy atom. The van der Waals surface area contributed by atoms with Crippen molar-refractivity contribution in [3.05, 3.63) is 5.82 Å². The van der Waals surface area contributed by atoms with Gasteiger partial charge in [0.05, 0.1) is 12.0 Å². The van der Waals surface area contributed by atoms with Crippen molar-refractivity contribution < 1.29 is 9.90 Å². The molecule has 1 aliphatic rings. The third-order valence-electron chi connectivity index (χ3n) is 3.40. The average molecular weight is 238 g/mol. The Morgan fingerprint density at radius 1 is 1.47 bits per heavy atom. The lowest BCUT2D eigenvalue weighted by Gasteiger charge is -2.20. The largest absolute Gasteiger partial charge is 0.481 e. The fourth-order valence-corrected chi connectivity index (χ4v) is 2.24. The van der Waals surface area contributed by atoms with Crippen LogP contribution in [0, 0.1) is 5.41 Å². The number of carboxylic acid groups (broad SMARTS) is 1. The molecule has 1 aromatic heterocycles. The molecule has 0 spiro atoms. The summed E-state index contributed by atoms with van der Waals surface area (Å²) in [6.07, 6.45) is 4.63. The Labute approximate surface area is 100 Å². The highest BCUT2D eigenvalue weighted by molar-refractivity contribution is 5.73. The molecule has 94 valence electrons. The van der Waals surface area contributed by atoms with Crippen LogP contribution in [0.2, 0.25) is 0 Å². The van der Waals surface area contributed by atoms with Crippen LogP contribution >= 0.6 is 0 Å². The van der Waals surface area contributed by atoms with Gasteiger partial charge in [-0.25, -0.2) is 4.68 Å². The second-order valence-electron chi connectivity index (χ2n) is 5.37. The molecule has 1 fully saturated rings. The van der Waals surface area contributed by atoms with Crippen molar-refractivity contribution in [3.63, 3.8) is 0 Å². The number of tetrazole rings is 1. The third kappa shape index (κ3) is 2.45. The topological polar surface area (TPSA) is 80.9 Å². The summed E-state index contributed by atoms with van der Waals surface area (Å²) in [5.41, 5.74) is -0.845. The first-order valence-electron chi connectivity index (χ1n) is 6.00. The number of hydrogen-bond donors (Lipinski definition) is 1. The zero-order valence-corrected chi connectivity index (χ0v) is 10.3. The van der Waals surface area contributed by atoms with E-state index in [2.05, 4.69) is 15.5 Å². The normalized spacial score (nSPS) is 17.5. The smallest absolute Gasteiger partial charge is 0.310 e. The van der Waals surface area contributed by atoms with Crippen molar-refractivity contribution in [2.75, 3.05) is 0 Å². The summed E-state index contributed by atoms with van der Waals surface area (Å²) in [7, 11) is 0. The molecule has 0 unspecified atom stereocenters. The number of carbonyl (C=O) groups is 1. The molecule has 1 aromatic rings. The average Bonchev–Trinajstić information content (AvgIpc) is 2.85. The van der Waals surface area contributed by atoms with E-state index in [9.17, 15) is 4.79 Å². The first-order valence-corrected chi connectivity index (χ1v) is 6.00. The molecule has 6 heteroatoms. The van der Waals surface area contributed by atoms with Gasteiger partial charge in [-0.3, -0.25) is 4.79 Å². The van der Waals surface area contributed by atoms with Gasteiger partial charge in [0.1, 0.15) is 0 Å². The van der Waals surface area contributed by atoms with E-state index in [-0.39, 0.29) is 0 Å². The summed E-state index contributed by atoms with van der Waals surface area (Å²) < 4.78 is 1.66. The van der Waals surface area contributed by atoms with Gasteiger partial charge in [0.15, 0.2) is 5.82 Å². The van der Waals surface area contributed by atoms with E-state index in [1.807, 2.05) is 0 Å².